The minimum absolute atomic E-state index is 0.0419. The highest BCUT2D eigenvalue weighted by molar-refractivity contribution is 5.69. The van der Waals surface area contributed by atoms with Gasteiger partial charge in [0.2, 0.25) is 0 Å². The summed E-state index contributed by atoms with van der Waals surface area (Å²) in [4.78, 5) is 7.97. The Morgan fingerprint density at radius 1 is 1.00 bits per heavy atom. The van der Waals surface area contributed by atoms with E-state index in [1.165, 1.54) is 0 Å². The number of aliphatic hydroxyl groups is 2. The fraction of sp³-hybridized carbons (Fsp3) is 0.167. The Morgan fingerprint density at radius 3 is 2.45 bits per heavy atom. The number of imidazole rings is 1. The highest BCUT2D eigenvalue weighted by Crippen LogP contribution is 2.28. The van der Waals surface area contributed by atoms with Gasteiger partial charge >= 0.3 is 0 Å². The molecule has 112 valence electrons. The van der Waals surface area contributed by atoms with Gasteiger partial charge in [-0.3, -0.25) is 0 Å². The van der Waals surface area contributed by atoms with Gasteiger partial charge in [-0.1, -0.05) is 48.5 Å². The number of hydrogen-bond acceptors (Lipinski definition) is 3. The largest absolute Gasteiger partial charge is 0.392 e. The maximum Gasteiger partial charge on any atom is 0.138 e. The molecule has 0 saturated heterocycles. The van der Waals surface area contributed by atoms with E-state index in [0.29, 0.717) is 0 Å². The molecule has 0 unspecified atom stereocenters. The molecule has 0 fully saturated rings. The van der Waals surface area contributed by atoms with E-state index in [1.54, 1.807) is 6.07 Å². The summed E-state index contributed by atoms with van der Waals surface area (Å²) in [5.41, 5.74) is 5.33. The Bertz CT molecular complexity index is 779. The summed E-state index contributed by atoms with van der Waals surface area (Å²) in [6, 6.07) is 15.5. The second-order valence-electron chi connectivity index (χ2n) is 5.23. The lowest BCUT2D eigenvalue weighted by Gasteiger charge is -2.06. The molecular weight excluding hydrogens is 276 g/mol. The Hall–Kier alpha value is -2.43. The molecule has 0 amide bonds. The van der Waals surface area contributed by atoms with Crippen LogP contribution in [0.1, 0.15) is 16.8 Å². The number of aliphatic hydroxyl groups excluding tert-OH is 2. The number of benzene rings is 2. The number of rotatable bonds is 4. The van der Waals surface area contributed by atoms with Gasteiger partial charge in [0, 0.05) is 16.8 Å². The molecule has 0 bridgehead atoms. The van der Waals surface area contributed by atoms with Crippen LogP contribution in [0.15, 0.2) is 48.5 Å². The first kappa shape index (κ1) is 14.5. The van der Waals surface area contributed by atoms with Gasteiger partial charge in [0.05, 0.1) is 18.9 Å². The molecule has 1 heterocycles. The van der Waals surface area contributed by atoms with E-state index in [9.17, 15) is 10.2 Å². The molecule has 0 saturated carbocycles. The normalized spacial score (nSPS) is 10.9. The zero-order valence-electron chi connectivity index (χ0n) is 12.4. The molecule has 1 aromatic heterocycles. The highest BCUT2D eigenvalue weighted by atomic mass is 16.3. The third-order valence-electron chi connectivity index (χ3n) is 3.71. The summed E-state index contributed by atoms with van der Waals surface area (Å²) in [5, 5.41) is 18.8. The summed E-state index contributed by atoms with van der Waals surface area (Å²) in [7, 11) is 0. The van der Waals surface area contributed by atoms with Crippen LogP contribution in [0.25, 0.3) is 22.6 Å². The van der Waals surface area contributed by atoms with Crippen LogP contribution in [0.5, 0.6) is 0 Å². The lowest BCUT2D eigenvalue weighted by molar-refractivity contribution is 0.275. The van der Waals surface area contributed by atoms with Gasteiger partial charge < -0.3 is 15.2 Å². The molecule has 0 aliphatic rings. The van der Waals surface area contributed by atoms with Crippen molar-refractivity contribution < 1.29 is 10.2 Å². The number of nitrogens with one attached hydrogen (secondary N) is 1. The van der Waals surface area contributed by atoms with Gasteiger partial charge in [0.25, 0.3) is 0 Å². The van der Waals surface area contributed by atoms with Gasteiger partial charge in [-0.2, -0.15) is 0 Å². The van der Waals surface area contributed by atoms with E-state index < -0.39 is 0 Å². The van der Waals surface area contributed by atoms with Crippen LogP contribution in [0.3, 0.4) is 0 Å². The molecule has 0 atom stereocenters. The van der Waals surface area contributed by atoms with Crippen LogP contribution in [0, 0.1) is 6.92 Å². The molecule has 0 spiro atoms. The fourth-order valence-corrected chi connectivity index (χ4v) is 2.57. The summed E-state index contributed by atoms with van der Waals surface area (Å²) >= 11 is 0. The van der Waals surface area contributed by atoms with Gasteiger partial charge in [0.15, 0.2) is 0 Å². The van der Waals surface area contributed by atoms with Crippen molar-refractivity contribution in [2.24, 2.45) is 0 Å². The van der Waals surface area contributed by atoms with Crippen LogP contribution >= 0.6 is 0 Å². The third-order valence-corrected chi connectivity index (χ3v) is 3.71. The predicted molar refractivity (Wildman–Crippen MR) is 86.0 cm³/mol. The number of aromatic nitrogens is 2. The molecule has 0 aliphatic carbocycles. The van der Waals surface area contributed by atoms with Crippen molar-refractivity contribution in [1.29, 1.82) is 0 Å². The molecule has 0 radical (unpaired) electrons. The Balaban J connectivity index is 2.07. The average molecular weight is 294 g/mol. The Morgan fingerprint density at radius 2 is 1.77 bits per heavy atom. The number of hydrogen-bond donors (Lipinski definition) is 3. The summed E-state index contributed by atoms with van der Waals surface area (Å²) in [6.45, 7) is 1.85. The average Bonchev–Trinajstić information content (AvgIpc) is 2.96. The van der Waals surface area contributed by atoms with Crippen LogP contribution in [-0.2, 0) is 13.2 Å². The van der Waals surface area contributed by atoms with Crippen molar-refractivity contribution in [2.75, 3.05) is 0 Å². The van der Waals surface area contributed by atoms with Crippen molar-refractivity contribution in [1.82, 2.24) is 9.97 Å². The van der Waals surface area contributed by atoms with Crippen LogP contribution in [-0.4, -0.2) is 20.2 Å². The van der Waals surface area contributed by atoms with E-state index in [-0.39, 0.29) is 13.2 Å². The first-order valence-corrected chi connectivity index (χ1v) is 7.19. The highest BCUT2D eigenvalue weighted by Gasteiger charge is 2.13. The van der Waals surface area contributed by atoms with Crippen LogP contribution in [0.2, 0.25) is 0 Å². The fourth-order valence-electron chi connectivity index (χ4n) is 2.57. The van der Waals surface area contributed by atoms with Crippen molar-refractivity contribution in [2.45, 2.75) is 20.1 Å². The third kappa shape index (κ3) is 2.66. The lowest BCUT2D eigenvalue weighted by Crippen LogP contribution is -1.94. The molecule has 4 heteroatoms. The zero-order chi connectivity index (χ0) is 15.5. The molecule has 22 heavy (non-hydrogen) atoms. The minimum Gasteiger partial charge on any atom is -0.392 e. The van der Waals surface area contributed by atoms with E-state index in [1.807, 2.05) is 49.4 Å². The van der Waals surface area contributed by atoms with Crippen molar-refractivity contribution in [3.8, 4) is 22.6 Å². The summed E-state index contributed by atoms with van der Waals surface area (Å²) < 4.78 is 0. The SMILES string of the molecule is Cc1[nH]c(-c2ccc(CO)cc2CO)nc1-c1ccccc1. The molecular formula is C18H18N2O2. The molecule has 3 aromatic rings. The van der Waals surface area contributed by atoms with Crippen molar-refractivity contribution in [3.63, 3.8) is 0 Å². The lowest BCUT2D eigenvalue weighted by atomic mass is 10.0. The van der Waals surface area contributed by atoms with E-state index >= 15 is 0 Å². The summed E-state index contributed by atoms with van der Waals surface area (Å²) in [6.07, 6.45) is 0. The predicted octanol–water partition coefficient (Wildman–Crippen LogP) is 3.04. The molecule has 3 N–H and O–H groups in total. The van der Waals surface area contributed by atoms with Crippen LogP contribution in [0.4, 0.5) is 0 Å². The smallest absolute Gasteiger partial charge is 0.138 e. The summed E-state index contributed by atoms with van der Waals surface area (Å²) in [5.74, 6) is 0.727. The number of aromatic amines is 1. The second-order valence-corrected chi connectivity index (χ2v) is 5.23. The topological polar surface area (TPSA) is 69.1 Å². The van der Waals surface area contributed by atoms with Crippen LogP contribution < -0.4 is 0 Å². The van der Waals surface area contributed by atoms with Gasteiger partial charge in [-0.25, -0.2) is 4.98 Å². The molecule has 0 aliphatic heterocycles. The number of aryl methyl sites for hydroxylation is 1. The van der Waals surface area contributed by atoms with E-state index in [4.69, 9.17) is 0 Å². The standard InChI is InChI=1S/C18H18N2O2/c1-12-17(14-5-3-2-4-6-14)20-18(19-12)16-8-7-13(10-21)9-15(16)11-22/h2-9,21-22H,10-11H2,1H3,(H,19,20). The second kappa shape index (κ2) is 6.13. The van der Waals surface area contributed by atoms with E-state index in [2.05, 4.69) is 9.97 Å². The Labute approximate surface area is 129 Å². The van der Waals surface area contributed by atoms with E-state index in [0.717, 1.165) is 39.5 Å². The van der Waals surface area contributed by atoms with Gasteiger partial charge in [-0.15, -0.1) is 0 Å². The first-order valence-electron chi connectivity index (χ1n) is 7.19. The maximum absolute atomic E-state index is 9.57. The first-order chi connectivity index (χ1) is 10.7. The number of H-pyrrole nitrogens is 1. The monoisotopic (exact) mass is 294 g/mol. The van der Waals surface area contributed by atoms with Crippen molar-refractivity contribution in [3.05, 3.63) is 65.4 Å². The number of nitrogens with zero attached hydrogens (tertiary/aromatic N) is 1. The Kier molecular flexibility index (Phi) is 4.04. The molecule has 4 nitrogen and oxygen atoms in total. The van der Waals surface area contributed by atoms with Gasteiger partial charge in [-0.05, 0) is 18.1 Å². The molecule has 3 rings (SSSR count). The quantitative estimate of drug-likeness (QED) is 0.692. The maximum atomic E-state index is 9.57. The molecule has 2 aromatic carbocycles. The minimum atomic E-state index is -0.0937. The van der Waals surface area contributed by atoms with Gasteiger partial charge in [0.1, 0.15) is 5.82 Å². The van der Waals surface area contributed by atoms with Crippen molar-refractivity contribution >= 4 is 0 Å². The zero-order valence-corrected chi connectivity index (χ0v) is 12.4.